The molecule has 1 saturated carbocycles. The second-order valence-corrected chi connectivity index (χ2v) is 5.09. The van der Waals surface area contributed by atoms with Gasteiger partial charge in [0.05, 0.1) is 6.20 Å². The number of hydrogen-bond acceptors (Lipinski definition) is 2. The molecular weight excluding hydrogens is 198 g/mol. The van der Waals surface area contributed by atoms with Gasteiger partial charge < -0.3 is 5.32 Å². The van der Waals surface area contributed by atoms with Crippen molar-refractivity contribution in [3.63, 3.8) is 0 Å². The third-order valence-electron chi connectivity index (χ3n) is 4.06. The number of nitrogens with one attached hydrogen (secondary N) is 1. The lowest BCUT2D eigenvalue weighted by Crippen LogP contribution is -2.31. The first-order valence-electron chi connectivity index (χ1n) is 6.39. The summed E-state index contributed by atoms with van der Waals surface area (Å²) in [6.45, 7) is 5.41. The zero-order chi connectivity index (χ0) is 11.5. The predicted octanol–water partition coefficient (Wildman–Crippen LogP) is 2.40. The minimum Gasteiger partial charge on any atom is -0.310 e. The summed E-state index contributed by atoms with van der Waals surface area (Å²) in [5.41, 5.74) is 2.60. The molecule has 1 fully saturated rings. The number of nitrogens with zero attached hydrogens (tertiary/aromatic N) is 2. The van der Waals surface area contributed by atoms with Crippen LogP contribution in [-0.4, -0.2) is 15.8 Å². The molecule has 1 N–H and O–H groups in total. The molecule has 0 unspecified atom stereocenters. The van der Waals surface area contributed by atoms with Gasteiger partial charge in [0, 0.05) is 30.9 Å². The molecule has 1 atom stereocenters. The Bertz CT molecular complexity index is 337. The van der Waals surface area contributed by atoms with Crippen molar-refractivity contribution in [3.8, 4) is 0 Å². The van der Waals surface area contributed by atoms with Gasteiger partial charge >= 0.3 is 0 Å². The lowest BCUT2D eigenvalue weighted by atomic mass is 10.00. The van der Waals surface area contributed by atoms with Crippen LogP contribution < -0.4 is 5.32 Å². The summed E-state index contributed by atoms with van der Waals surface area (Å²) in [7, 11) is 2.00. The summed E-state index contributed by atoms with van der Waals surface area (Å²) in [5, 5.41) is 7.91. The van der Waals surface area contributed by atoms with E-state index in [0.29, 0.717) is 6.04 Å². The Labute approximate surface area is 98.2 Å². The maximum absolute atomic E-state index is 4.27. The van der Waals surface area contributed by atoms with Crippen molar-refractivity contribution in [3.05, 3.63) is 17.5 Å². The first-order valence-corrected chi connectivity index (χ1v) is 6.39. The van der Waals surface area contributed by atoms with E-state index in [0.717, 1.165) is 12.5 Å². The van der Waals surface area contributed by atoms with Crippen LogP contribution in [0.15, 0.2) is 6.20 Å². The fourth-order valence-electron chi connectivity index (χ4n) is 2.61. The number of hydrogen-bond donors (Lipinski definition) is 1. The van der Waals surface area contributed by atoms with Crippen molar-refractivity contribution in [1.29, 1.82) is 0 Å². The minimum absolute atomic E-state index is 0.641. The molecule has 1 aliphatic rings. The van der Waals surface area contributed by atoms with Gasteiger partial charge in [-0.15, -0.1) is 0 Å². The van der Waals surface area contributed by atoms with Crippen molar-refractivity contribution < 1.29 is 0 Å². The largest absolute Gasteiger partial charge is 0.310 e. The maximum atomic E-state index is 4.27. The van der Waals surface area contributed by atoms with Crippen LogP contribution in [0.1, 0.15) is 43.9 Å². The second kappa shape index (κ2) is 5.00. The molecule has 0 amide bonds. The van der Waals surface area contributed by atoms with E-state index < -0.39 is 0 Å². The fraction of sp³-hybridized carbons (Fsp3) is 0.769. The molecule has 0 saturated heterocycles. The second-order valence-electron chi connectivity index (χ2n) is 5.09. The van der Waals surface area contributed by atoms with Crippen LogP contribution in [0.2, 0.25) is 0 Å². The predicted molar refractivity (Wildman–Crippen MR) is 66.2 cm³/mol. The van der Waals surface area contributed by atoms with Crippen molar-refractivity contribution >= 4 is 0 Å². The van der Waals surface area contributed by atoms with Gasteiger partial charge in [-0.25, -0.2) is 0 Å². The Morgan fingerprint density at radius 3 is 2.75 bits per heavy atom. The number of rotatable bonds is 4. The fourth-order valence-corrected chi connectivity index (χ4v) is 2.61. The van der Waals surface area contributed by atoms with Gasteiger partial charge in [-0.2, -0.15) is 5.10 Å². The van der Waals surface area contributed by atoms with E-state index >= 15 is 0 Å². The van der Waals surface area contributed by atoms with E-state index in [2.05, 4.69) is 24.3 Å². The van der Waals surface area contributed by atoms with E-state index in [9.17, 15) is 0 Å². The topological polar surface area (TPSA) is 29.9 Å². The van der Waals surface area contributed by atoms with Crippen molar-refractivity contribution in [1.82, 2.24) is 15.1 Å². The smallest absolute Gasteiger partial charge is 0.0537 e. The van der Waals surface area contributed by atoms with Gasteiger partial charge in [-0.1, -0.05) is 12.8 Å². The zero-order valence-electron chi connectivity index (χ0n) is 10.7. The molecule has 0 radical (unpaired) electrons. The summed E-state index contributed by atoms with van der Waals surface area (Å²) in [5.74, 6) is 0.886. The van der Waals surface area contributed by atoms with E-state index in [-0.39, 0.29) is 0 Å². The highest BCUT2D eigenvalue weighted by Crippen LogP contribution is 2.27. The molecule has 90 valence electrons. The number of aryl methyl sites for hydroxylation is 1. The van der Waals surface area contributed by atoms with E-state index in [1.54, 1.807) is 0 Å². The lowest BCUT2D eigenvalue weighted by molar-refractivity contribution is 0.380. The summed E-state index contributed by atoms with van der Waals surface area (Å²) in [6.07, 6.45) is 7.62. The average Bonchev–Trinajstić information content (AvgIpc) is 2.89. The first-order chi connectivity index (χ1) is 7.68. The highest BCUT2D eigenvalue weighted by Gasteiger charge is 2.21. The monoisotopic (exact) mass is 221 g/mol. The third-order valence-corrected chi connectivity index (χ3v) is 4.06. The van der Waals surface area contributed by atoms with Crippen LogP contribution >= 0.6 is 0 Å². The van der Waals surface area contributed by atoms with Crippen molar-refractivity contribution in [2.75, 3.05) is 0 Å². The molecular formula is C13H23N3. The molecule has 16 heavy (non-hydrogen) atoms. The van der Waals surface area contributed by atoms with Gasteiger partial charge in [-0.3, -0.25) is 4.68 Å². The highest BCUT2D eigenvalue weighted by molar-refractivity contribution is 5.15. The first kappa shape index (κ1) is 11.6. The Morgan fingerprint density at radius 2 is 2.19 bits per heavy atom. The molecule has 0 aromatic carbocycles. The van der Waals surface area contributed by atoms with Gasteiger partial charge in [0.15, 0.2) is 0 Å². The third kappa shape index (κ3) is 2.46. The Morgan fingerprint density at radius 1 is 1.50 bits per heavy atom. The Hall–Kier alpha value is -0.830. The molecule has 0 spiro atoms. The van der Waals surface area contributed by atoms with Gasteiger partial charge in [0.2, 0.25) is 0 Å². The standard InChI is InChI=1S/C13H23N3/c1-10(12-6-4-5-7-12)14-8-13-9-15-16(3)11(13)2/h9-10,12,14H,4-8H2,1-3H3/t10-/m1/s1. The van der Waals surface area contributed by atoms with E-state index in [1.165, 1.54) is 36.9 Å². The van der Waals surface area contributed by atoms with Gasteiger partial charge in [-0.05, 0) is 32.6 Å². The summed E-state index contributed by atoms with van der Waals surface area (Å²) < 4.78 is 1.94. The molecule has 1 heterocycles. The lowest BCUT2D eigenvalue weighted by Gasteiger charge is -2.20. The SMILES string of the molecule is Cc1c(CN[C@H](C)C2CCCC2)cnn1C. The Balaban J connectivity index is 1.84. The Kier molecular flexibility index (Phi) is 3.64. The van der Waals surface area contributed by atoms with E-state index in [4.69, 9.17) is 0 Å². The van der Waals surface area contributed by atoms with Crippen LogP contribution in [0.5, 0.6) is 0 Å². The quantitative estimate of drug-likeness (QED) is 0.846. The normalized spacial score (nSPS) is 19.2. The van der Waals surface area contributed by atoms with Gasteiger partial charge in [0.25, 0.3) is 0 Å². The van der Waals surface area contributed by atoms with Crippen LogP contribution in [0, 0.1) is 12.8 Å². The summed E-state index contributed by atoms with van der Waals surface area (Å²) in [6, 6.07) is 0.641. The zero-order valence-corrected chi connectivity index (χ0v) is 10.7. The van der Waals surface area contributed by atoms with Crippen molar-refractivity contribution in [2.45, 2.75) is 52.1 Å². The van der Waals surface area contributed by atoms with Gasteiger partial charge in [0.1, 0.15) is 0 Å². The van der Waals surface area contributed by atoms with Crippen molar-refractivity contribution in [2.24, 2.45) is 13.0 Å². The molecule has 0 aliphatic heterocycles. The van der Waals surface area contributed by atoms with Crippen LogP contribution in [-0.2, 0) is 13.6 Å². The van der Waals surface area contributed by atoms with Crippen LogP contribution in [0.4, 0.5) is 0 Å². The van der Waals surface area contributed by atoms with E-state index in [1.807, 2.05) is 17.9 Å². The number of aromatic nitrogens is 2. The molecule has 1 aromatic heterocycles. The summed E-state index contributed by atoms with van der Waals surface area (Å²) >= 11 is 0. The molecule has 3 nitrogen and oxygen atoms in total. The van der Waals surface area contributed by atoms with Crippen LogP contribution in [0.3, 0.4) is 0 Å². The summed E-state index contributed by atoms with van der Waals surface area (Å²) in [4.78, 5) is 0. The molecule has 1 aliphatic carbocycles. The van der Waals surface area contributed by atoms with Crippen LogP contribution in [0.25, 0.3) is 0 Å². The molecule has 0 bridgehead atoms. The maximum Gasteiger partial charge on any atom is 0.0537 e. The molecule has 2 rings (SSSR count). The molecule has 3 heteroatoms. The highest BCUT2D eigenvalue weighted by atomic mass is 15.3. The average molecular weight is 221 g/mol. The minimum atomic E-state index is 0.641. The molecule has 1 aromatic rings.